The summed E-state index contributed by atoms with van der Waals surface area (Å²) in [6.07, 6.45) is 3.91. The van der Waals surface area contributed by atoms with Crippen molar-refractivity contribution in [2.45, 2.75) is 13.3 Å². The number of rotatable bonds is 5. The van der Waals surface area contributed by atoms with Crippen LogP contribution in [0.1, 0.15) is 18.9 Å². The number of carbonyl (C=O) groups excluding carboxylic acids is 1. The minimum absolute atomic E-state index is 0.222. The molecule has 0 amide bonds. The predicted octanol–water partition coefficient (Wildman–Crippen LogP) is 2.31. The van der Waals surface area contributed by atoms with Gasteiger partial charge in [-0.3, -0.25) is 4.79 Å². The molecular formula is C13H16N2O2S. The summed E-state index contributed by atoms with van der Waals surface area (Å²) in [5, 5.41) is 3.07. The van der Waals surface area contributed by atoms with Gasteiger partial charge in [0.15, 0.2) is 5.11 Å². The Kier molecular flexibility index (Phi) is 5.87. The molecule has 0 aliphatic rings. The van der Waals surface area contributed by atoms with Crippen LogP contribution in [0.4, 0.5) is 5.69 Å². The highest BCUT2D eigenvalue weighted by Crippen LogP contribution is 2.10. The van der Waals surface area contributed by atoms with Gasteiger partial charge in [-0.2, -0.15) is 0 Å². The predicted molar refractivity (Wildman–Crippen MR) is 77.1 cm³/mol. The number of hydrogen-bond acceptors (Lipinski definition) is 3. The third kappa shape index (κ3) is 5.45. The topological polar surface area (TPSA) is 64.3 Å². The second-order valence-corrected chi connectivity index (χ2v) is 3.96. The van der Waals surface area contributed by atoms with Gasteiger partial charge in [0.05, 0.1) is 13.0 Å². The zero-order valence-electron chi connectivity index (χ0n) is 10.2. The molecule has 0 aliphatic carbocycles. The number of nitrogens with one attached hydrogen (secondary N) is 1. The molecule has 0 saturated heterocycles. The second-order valence-electron chi connectivity index (χ2n) is 3.52. The zero-order valence-corrected chi connectivity index (χ0v) is 11.0. The minimum Gasteiger partial charge on any atom is -0.466 e. The van der Waals surface area contributed by atoms with Crippen LogP contribution >= 0.6 is 12.2 Å². The van der Waals surface area contributed by atoms with Crippen LogP contribution in [-0.2, 0) is 9.53 Å². The molecule has 0 aromatic heterocycles. The Morgan fingerprint density at radius 1 is 1.44 bits per heavy atom. The van der Waals surface area contributed by atoms with E-state index >= 15 is 0 Å². The van der Waals surface area contributed by atoms with E-state index in [2.05, 4.69) is 5.32 Å². The molecule has 1 aromatic rings. The smallest absolute Gasteiger partial charge is 0.309 e. The van der Waals surface area contributed by atoms with E-state index in [0.717, 1.165) is 11.3 Å². The molecule has 0 spiro atoms. The molecule has 0 radical (unpaired) electrons. The number of hydrogen-bond donors (Lipinski definition) is 2. The largest absolute Gasteiger partial charge is 0.466 e. The Hall–Kier alpha value is -1.88. The number of carbonyl (C=O) groups is 1. The van der Waals surface area contributed by atoms with Gasteiger partial charge < -0.3 is 15.8 Å². The molecule has 1 aromatic carbocycles. The van der Waals surface area contributed by atoms with Gasteiger partial charge in [-0.1, -0.05) is 24.3 Å². The Morgan fingerprint density at radius 3 is 2.67 bits per heavy atom. The maximum Gasteiger partial charge on any atom is 0.309 e. The highest BCUT2D eigenvalue weighted by atomic mass is 32.1. The van der Waals surface area contributed by atoms with Gasteiger partial charge in [0.25, 0.3) is 0 Å². The van der Waals surface area contributed by atoms with Crippen molar-refractivity contribution in [3.05, 3.63) is 35.9 Å². The van der Waals surface area contributed by atoms with E-state index in [4.69, 9.17) is 22.7 Å². The van der Waals surface area contributed by atoms with E-state index in [1.807, 2.05) is 30.3 Å². The molecule has 0 saturated carbocycles. The first-order chi connectivity index (χ1) is 8.61. The molecule has 96 valence electrons. The van der Waals surface area contributed by atoms with Crippen LogP contribution in [-0.4, -0.2) is 17.7 Å². The average molecular weight is 264 g/mol. The van der Waals surface area contributed by atoms with Crippen molar-refractivity contribution >= 4 is 35.1 Å². The van der Waals surface area contributed by atoms with Gasteiger partial charge in [-0.15, -0.1) is 0 Å². The first-order valence-corrected chi connectivity index (χ1v) is 6.01. The van der Waals surface area contributed by atoms with Gasteiger partial charge in [0.1, 0.15) is 0 Å². The van der Waals surface area contributed by atoms with Crippen molar-refractivity contribution in [2.24, 2.45) is 5.73 Å². The summed E-state index contributed by atoms with van der Waals surface area (Å²) in [5.74, 6) is -0.222. The SMILES string of the molecule is CCOC(=O)CC=Cc1ccc(NC(N)=S)cc1. The molecule has 5 heteroatoms. The fourth-order valence-corrected chi connectivity index (χ4v) is 1.45. The van der Waals surface area contributed by atoms with Crippen molar-refractivity contribution in [3.8, 4) is 0 Å². The molecule has 0 unspecified atom stereocenters. The van der Waals surface area contributed by atoms with E-state index in [1.54, 1.807) is 13.0 Å². The fourth-order valence-electron chi connectivity index (χ4n) is 1.33. The Balaban J connectivity index is 2.50. The lowest BCUT2D eigenvalue weighted by Crippen LogP contribution is -2.18. The van der Waals surface area contributed by atoms with Crippen molar-refractivity contribution in [2.75, 3.05) is 11.9 Å². The van der Waals surface area contributed by atoms with Gasteiger partial charge in [0, 0.05) is 5.69 Å². The van der Waals surface area contributed by atoms with Crippen LogP contribution in [0.2, 0.25) is 0 Å². The Bertz CT molecular complexity index is 441. The number of thiocarbonyl (C=S) groups is 1. The summed E-state index contributed by atoms with van der Waals surface area (Å²) in [6.45, 7) is 2.20. The number of benzene rings is 1. The molecule has 4 nitrogen and oxygen atoms in total. The summed E-state index contributed by atoms with van der Waals surface area (Å²) < 4.78 is 4.81. The zero-order chi connectivity index (χ0) is 13.4. The minimum atomic E-state index is -0.222. The fraction of sp³-hybridized carbons (Fsp3) is 0.231. The van der Waals surface area contributed by atoms with Crippen LogP contribution in [0.5, 0.6) is 0 Å². The number of esters is 1. The van der Waals surface area contributed by atoms with Crippen LogP contribution in [0.25, 0.3) is 6.08 Å². The normalized spacial score (nSPS) is 10.3. The first kappa shape index (κ1) is 14.2. The summed E-state index contributed by atoms with van der Waals surface area (Å²) in [5.41, 5.74) is 7.19. The Morgan fingerprint density at radius 2 is 2.11 bits per heavy atom. The van der Waals surface area contributed by atoms with Crippen LogP contribution in [0.15, 0.2) is 30.3 Å². The molecule has 1 rings (SSSR count). The average Bonchev–Trinajstić information content (AvgIpc) is 2.31. The quantitative estimate of drug-likeness (QED) is 0.631. The maximum absolute atomic E-state index is 11.1. The summed E-state index contributed by atoms with van der Waals surface area (Å²) in [6, 6.07) is 7.54. The monoisotopic (exact) mass is 264 g/mol. The molecule has 3 N–H and O–H groups in total. The number of anilines is 1. The first-order valence-electron chi connectivity index (χ1n) is 5.60. The third-order valence-electron chi connectivity index (χ3n) is 2.08. The van der Waals surface area contributed by atoms with Crippen LogP contribution in [0.3, 0.4) is 0 Å². The van der Waals surface area contributed by atoms with Gasteiger partial charge >= 0.3 is 5.97 Å². The van der Waals surface area contributed by atoms with E-state index in [-0.39, 0.29) is 17.5 Å². The molecular weight excluding hydrogens is 248 g/mol. The van der Waals surface area contributed by atoms with E-state index in [1.165, 1.54) is 0 Å². The summed E-state index contributed by atoms with van der Waals surface area (Å²) in [7, 11) is 0. The maximum atomic E-state index is 11.1. The number of nitrogens with two attached hydrogens (primary N) is 1. The highest BCUT2D eigenvalue weighted by Gasteiger charge is 1.96. The standard InChI is InChI=1S/C13H16N2O2S/c1-2-17-12(16)5-3-4-10-6-8-11(9-7-10)15-13(14)18/h3-4,6-9H,2,5H2,1H3,(H3,14,15,18). The lowest BCUT2D eigenvalue weighted by Gasteiger charge is -2.03. The van der Waals surface area contributed by atoms with E-state index < -0.39 is 0 Å². The van der Waals surface area contributed by atoms with Gasteiger partial charge in [-0.25, -0.2) is 0 Å². The second kappa shape index (κ2) is 7.45. The molecule has 0 bridgehead atoms. The number of ether oxygens (including phenoxy) is 1. The van der Waals surface area contributed by atoms with Crippen LogP contribution < -0.4 is 11.1 Å². The summed E-state index contributed by atoms with van der Waals surface area (Å²) >= 11 is 4.74. The van der Waals surface area contributed by atoms with Gasteiger partial charge in [0.2, 0.25) is 0 Å². The lowest BCUT2D eigenvalue weighted by atomic mass is 10.2. The van der Waals surface area contributed by atoms with Crippen molar-refractivity contribution in [1.82, 2.24) is 0 Å². The van der Waals surface area contributed by atoms with Crippen molar-refractivity contribution < 1.29 is 9.53 Å². The molecule has 0 aliphatic heterocycles. The molecule has 0 atom stereocenters. The molecule has 0 fully saturated rings. The third-order valence-corrected chi connectivity index (χ3v) is 2.18. The van der Waals surface area contributed by atoms with Crippen molar-refractivity contribution in [3.63, 3.8) is 0 Å². The van der Waals surface area contributed by atoms with E-state index in [0.29, 0.717) is 6.61 Å². The molecule has 18 heavy (non-hydrogen) atoms. The van der Waals surface area contributed by atoms with E-state index in [9.17, 15) is 4.79 Å². The van der Waals surface area contributed by atoms with Gasteiger partial charge in [-0.05, 0) is 36.8 Å². The lowest BCUT2D eigenvalue weighted by molar-refractivity contribution is -0.142. The Labute approximate surface area is 112 Å². The highest BCUT2D eigenvalue weighted by molar-refractivity contribution is 7.80. The van der Waals surface area contributed by atoms with Crippen LogP contribution in [0, 0.1) is 0 Å². The molecule has 0 heterocycles. The van der Waals surface area contributed by atoms with Crippen molar-refractivity contribution in [1.29, 1.82) is 0 Å². The summed E-state index contributed by atoms with van der Waals surface area (Å²) in [4.78, 5) is 11.1.